The van der Waals surface area contributed by atoms with Gasteiger partial charge < -0.3 is 10.4 Å². The molecule has 0 atom stereocenters. The third-order valence-corrected chi connectivity index (χ3v) is 8.67. The maximum atomic E-state index is 12.8. The van der Waals surface area contributed by atoms with E-state index in [1.165, 1.54) is 43.5 Å². The lowest BCUT2D eigenvalue weighted by atomic mass is 10.1. The highest BCUT2D eigenvalue weighted by Gasteiger charge is 2.20. The minimum absolute atomic E-state index is 0.00527. The van der Waals surface area contributed by atoms with E-state index in [0.29, 0.717) is 15.7 Å². The number of hydrogen-bond acceptors (Lipinski definition) is 9. The third kappa shape index (κ3) is 5.62. The first-order valence-electron chi connectivity index (χ1n) is 9.74. The summed E-state index contributed by atoms with van der Waals surface area (Å²) in [6.45, 7) is 0. The summed E-state index contributed by atoms with van der Waals surface area (Å²) in [5.74, 6) is -0.363. The molecule has 2 aromatic carbocycles. The van der Waals surface area contributed by atoms with Crippen LogP contribution in [0.25, 0.3) is 16.5 Å². The summed E-state index contributed by atoms with van der Waals surface area (Å²) < 4.78 is 32.4. The molecule has 0 spiro atoms. The number of amides is 2. The smallest absolute Gasteiger partial charge is 0.333 e. The molecule has 0 radical (unpaired) electrons. The lowest BCUT2D eigenvalue weighted by Gasteiger charge is -2.14. The first-order chi connectivity index (χ1) is 17.1. The summed E-state index contributed by atoms with van der Waals surface area (Å²) in [7, 11) is -2.77. The number of hydrogen-bond donors (Lipinski definition) is 3. The molecule has 0 unspecified atom stereocenters. The third-order valence-electron chi connectivity index (χ3n) is 4.66. The van der Waals surface area contributed by atoms with Gasteiger partial charge in [-0.3, -0.25) is 4.79 Å². The number of benzene rings is 2. The Morgan fingerprint density at radius 2 is 1.89 bits per heavy atom. The second-order valence-electron chi connectivity index (χ2n) is 6.99. The van der Waals surface area contributed by atoms with Gasteiger partial charge in [0.25, 0.3) is 15.6 Å². The van der Waals surface area contributed by atoms with Crippen molar-refractivity contribution >= 4 is 79.1 Å². The highest BCUT2D eigenvalue weighted by atomic mass is 35.5. The van der Waals surface area contributed by atoms with Gasteiger partial charge >= 0.3 is 6.03 Å². The van der Waals surface area contributed by atoms with Crippen LogP contribution < -0.4 is 15.6 Å². The van der Waals surface area contributed by atoms with Crippen LogP contribution in [0.5, 0.6) is 5.88 Å². The molecule has 3 N–H and O–H groups in total. The van der Waals surface area contributed by atoms with Gasteiger partial charge in [0.2, 0.25) is 5.88 Å². The van der Waals surface area contributed by atoms with E-state index < -0.39 is 21.6 Å². The minimum Gasteiger partial charge on any atom is -0.494 e. The molecule has 0 aliphatic rings. The second-order valence-corrected chi connectivity index (χ2v) is 11.8. The number of anilines is 1. The van der Waals surface area contributed by atoms with Crippen molar-refractivity contribution in [1.29, 1.82) is 0 Å². The molecule has 0 bridgehead atoms. The van der Waals surface area contributed by atoms with E-state index in [1.807, 2.05) is 4.72 Å². The van der Waals surface area contributed by atoms with Gasteiger partial charge in [0, 0.05) is 22.0 Å². The fraction of sp³-hybridized carbons (Fsp3) is 0.0476. The maximum absolute atomic E-state index is 12.8. The Kier molecular flexibility index (Phi) is 7.80. The summed E-state index contributed by atoms with van der Waals surface area (Å²) in [6.07, 6.45) is 0. The van der Waals surface area contributed by atoms with Gasteiger partial charge in [-0.15, -0.1) is 11.3 Å². The Morgan fingerprint density at radius 1 is 1.11 bits per heavy atom. The molecule has 0 fully saturated rings. The fourth-order valence-electron chi connectivity index (χ4n) is 3.17. The van der Waals surface area contributed by atoms with E-state index >= 15 is 0 Å². The minimum atomic E-state index is -4.12. The predicted octanol–water partition coefficient (Wildman–Crippen LogP) is 5.16. The molecule has 10 nitrogen and oxygen atoms in total. The molecule has 4 aromatic rings. The van der Waals surface area contributed by atoms with Crippen LogP contribution in [0.3, 0.4) is 0 Å². The number of urea groups is 1. The highest BCUT2D eigenvalue weighted by Crippen LogP contribution is 2.33. The summed E-state index contributed by atoms with van der Waals surface area (Å²) in [4.78, 5) is 30.2. The number of sulfonamides is 1. The topological polar surface area (TPSA) is 136 Å². The monoisotopic (exact) mass is 587 g/mol. The van der Waals surface area contributed by atoms with Crippen LogP contribution in [0.4, 0.5) is 10.5 Å². The van der Waals surface area contributed by atoms with Gasteiger partial charge in [-0.2, -0.15) is 4.33 Å². The molecule has 36 heavy (non-hydrogen) atoms. The Hall–Kier alpha value is -2.78. The average molecular weight is 588 g/mol. The molecular weight excluding hydrogens is 573 g/mol. The first-order valence-corrected chi connectivity index (χ1v) is 13.5. The van der Waals surface area contributed by atoms with Crippen LogP contribution in [-0.4, -0.2) is 31.2 Å². The number of aromatic hydroxyl groups is 1. The Bertz CT molecular complexity index is 1640. The summed E-state index contributed by atoms with van der Waals surface area (Å²) in [5.41, 5.74) is -0.266. The van der Waals surface area contributed by atoms with Crippen molar-refractivity contribution in [2.24, 2.45) is 0 Å². The molecule has 188 valence electrons. The van der Waals surface area contributed by atoms with Crippen molar-refractivity contribution < 1.29 is 27.5 Å². The number of halogens is 2. The van der Waals surface area contributed by atoms with Crippen molar-refractivity contribution in [3.8, 4) is 11.6 Å². The molecule has 0 aliphatic carbocycles. The number of pyridine rings is 1. The number of aromatic nitrogens is 1. The normalized spacial score (nSPS) is 11.5. The van der Waals surface area contributed by atoms with E-state index in [1.54, 1.807) is 18.2 Å². The van der Waals surface area contributed by atoms with Crippen LogP contribution in [-0.2, 0) is 19.2 Å². The van der Waals surface area contributed by atoms with Gasteiger partial charge in [-0.05, 0) is 47.9 Å². The Labute approximate surface area is 222 Å². The molecule has 0 saturated heterocycles. The van der Waals surface area contributed by atoms with Crippen molar-refractivity contribution in [3.05, 3.63) is 74.3 Å². The molecule has 4 rings (SSSR count). The average Bonchev–Trinajstić information content (AvgIpc) is 3.26. The van der Waals surface area contributed by atoms with Crippen LogP contribution in [0.2, 0.25) is 9.36 Å². The molecule has 0 saturated carbocycles. The summed E-state index contributed by atoms with van der Waals surface area (Å²) in [6, 6.07) is 12.0. The van der Waals surface area contributed by atoms with Crippen molar-refractivity contribution in [1.82, 2.24) is 9.29 Å². The second kappa shape index (κ2) is 10.7. The zero-order valence-electron chi connectivity index (χ0n) is 18.0. The number of carbonyl (C=O) groups is 1. The number of nitrogens with zero attached hydrogens (tertiary/aromatic N) is 1. The zero-order chi connectivity index (χ0) is 26.0. The zero-order valence-corrected chi connectivity index (χ0v) is 22.0. The van der Waals surface area contributed by atoms with E-state index in [9.17, 15) is 23.1 Å². The summed E-state index contributed by atoms with van der Waals surface area (Å²) in [5, 5.41) is 14.1. The molecule has 2 heterocycles. The maximum Gasteiger partial charge on any atom is 0.333 e. The van der Waals surface area contributed by atoms with E-state index in [-0.39, 0.29) is 30.8 Å². The quantitative estimate of drug-likeness (QED) is 0.153. The molecule has 15 heteroatoms. The molecule has 0 aliphatic heterocycles. The van der Waals surface area contributed by atoms with Crippen LogP contribution in [0.15, 0.2) is 68.5 Å². The fourth-order valence-corrected chi connectivity index (χ4v) is 6.26. The van der Waals surface area contributed by atoms with Crippen molar-refractivity contribution in [2.75, 3.05) is 12.4 Å². The van der Waals surface area contributed by atoms with Crippen LogP contribution in [0.1, 0.15) is 0 Å². The Morgan fingerprint density at radius 3 is 2.56 bits per heavy atom. The highest BCUT2D eigenvalue weighted by molar-refractivity contribution is 7.94. The summed E-state index contributed by atoms with van der Waals surface area (Å²) >= 11 is 13.8. The van der Waals surface area contributed by atoms with Crippen molar-refractivity contribution in [3.63, 3.8) is 0 Å². The van der Waals surface area contributed by atoms with E-state index in [2.05, 4.69) is 10.2 Å². The van der Waals surface area contributed by atoms with Crippen LogP contribution >= 0.6 is 46.6 Å². The number of thiophene rings is 1. The van der Waals surface area contributed by atoms with Crippen LogP contribution in [0, 0.1) is 0 Å². The largest absolute Gasteiger partial charge is 0.494 e. The first kappa shape index (κ1) is 26.3. The SMILES string of the molecule is COOSc1ccc2cc(=O)n(-c3ccc(NC(=O)NS(=O)(=O)c4ccc(Cl)s4)cc3Cl)c(O)c2c1. The predicted molar refractivity (Wildman–Crippen MR) is 139 cm³/mol. The number of fused-ring (bicyclic) bond motifs is 1. The van der Waals surface area contributed by atoms with E-state index in [0.717, 1.165) is 27.9 Å². The number of rotatable bonds is 7. The van der Waals surface area contributed by atoms with Gasteiger partial charge in [0.1, 0.15) is 4.21 Å². The lowest BCUT2D eigenvalue weighted by Crippen LogP contribution is -2.33. The molecule has 2 amide bonds. The standard InChI is InChI=1S/C21H15Cl2N3O7S3/c1-32-33-35-13-4-2-11-8-18(27)26(20(28)14(11)10-13)16-5-3-12(9-15(16)22)24-21(29)25-36(30,31)19-7-6-17(23)34-19/h2-10,28H,1H3,(H2,24,25,29). The Balaban J connectivity index is 1.61. The molecule has 2 aromatic heterocycles. The van der Waals surface area contributed by atoms with Gasteiger partial charge in [0.05, 0.1) is 34.2 Å². The lowest BCUT2D eigenvalue weighted by molar-refractivity contribution is -0.160. The van der Waals surface area contributed by atoms with E-state index in [4.69, 9.17) is 27.5 Å². The van der Waals surface area contributed by atoms with Gasteiger partial charge in [-0.1, -0.05) is 29.3 Å². The van der Waals surface area contributed by atoms with Gasteiger partial charge in [-0.25, -0.2) is 27.4 Å². The number of nitrogens with one attached hydrogen (secondary N) is 2. The van der Waals surface area contributed by atoms with Gasteiger partial charge in [0.15, 0.2) is 0 Å². The molecular formula is C21H15Cl2N3O7S3. The van der Waals surface area contributed by atoms with Crippen molar-refractivity contribution in [2.45, 2.75) is 9.10 Å². The number of carbonyl (C=O) groups excluding carboxylic acids is 1.